The second kappa shape index (κ2) is 5.65. The smallest absolute Gasteiger partial charge is 0.255 e. The zero-order valence-electron chi connectivity index (χ0n) is 11.6. The zero-order valence-corrected chi connectivity index (χ0v) is 12.4. The van der Waals surface area contributed by atoms with E-state index in [1.807, 2.05) is 0 Å². The fourth-order valence-electron chi connectivity index (χ4n) is 1.74. The van der Waals surface area contributed by atoms with Gasteiger partial charge in [0.1, 0.15) is 5.82 Å². The summed E-state index contributed by atoms with van der Waals surface area (Å²) in [6.45, 7) is 1.62. The quantitative estimate of drug-likeness (QED) is 0.948. The standard InChI is InChI=1S/C15H14FNO3S/c1-10-6-7-12(9-14(10)16)17-15(18)11-4-3-5-13(8-11)21(2,19)20/h3-9H,1-2H3,(H,17,18). The van der Waals surface area contributed by atoms with Crippen LogP contribution in [0, 0.1) is 12.7 Å². The first kappa shape index (κ1) is 15.2. The summed E-state index contributed by atoms with van der Waals surface area (Å²) in [5.74, 6) is -0.915. The van der Waals surface area contributed by atoms with E-state index in [1.165, 1.54) is 30.3 Å². The van der Waals surface area contributed by atoms with E-state index < -0.39 is 21.6 Å². The molecule has 0 bridgehead atoms. The minimum Gasteiger partial charge on any atom is -0.322 e. The molecule has 0 fully saturated rings. The van der Waals surface area contributed by atoms with E-state index in [-0.39, 0.29) is 10.5 Å². The minimum absolute atomic E-state index is 0.0604. The van der Waals surface area contributed by atoms with Gasteiger partial charge in [-0.2, -0.15) is 0 Å². The fraction of sp³-hybridized carbons (Fsp3) is 0.133. The highest BCUT2D eigenvalue weighted by Gasteiger charge is 2.12. The van der Waals surface area contributed by atoms with Crippen molar-refractivity contribution in [3.05, 3.63) is 59.4 Å². The van der Waals surface area contributed by atoms with Crippen LogP contribution in [0.25, 0.3) is 0 Å². The molecule has 2 aromatic rings. The lowest BCUT2D eigenvalue weighted by Crippen LogP contribution is -2.13. The molecular formula is C15H14FNO3S. The summed E-state index contributed by atoms with van der Waals surface area (Å²) >= 11 is 0. The van der Waals surface area contributed by atoms with Crippen molar-refractivity contribution in [2.45, 2.75) is 11.8 Å². The number of rotatable bonds is 3. The van der Waals surface area contributed by atoms with E-state index in [0.29, 0.717) is 11.3 Å². The molecule has 0 aliphatic heterocycles. The first-order valence-corrected chi connectivity index (χ1v) is 8.04. The van der Waals surface area contributed by atoms with Crippen molar-refractivity contribution in [2.24, 2.45) is 0 Å². The first-order valence-electron chi connectivity index (χ1n) is 6.15. The predicted molar refractivity (Wildman–Crippen MR) is 78.6 cm³/mol. The van der Waals surface area contributed by atoms with Gasteiger partial charge in [-0.05, 0) is 42.8 Å². The van der Waals surface area contributed by atoms with Crippen LogP contribution in [-0.4, -0.2) is 20.6 Å². The predicted octanol–water partition coefficient (Wildman–Crippen LogP) is 2.79. The molecule has 21 heavy (non-hydrogen) atoms. The number of halogens is 1. The molecule has 0 aliphatic carbocycles. The van der Waals surface area contributed by atoms with Gasteiger partial charge in [0, 0.05) is 17.5 Å². The number of benzene rings is 2. The van der Waals surface area contributed by atoms with Gasteiger partial charge in [0.15, 0.2) is 9.84 Å². The SMILES string of the molecule is Cc1ccc(NC(=O)c2cccc(S(C)(=O)=O)c2)cc1F. The van der Waals surface area contributed by atoms with Crippen LogP contribution in [-0.2, 0) is 9.84 Å². The van der Waals surface area contributed by atoms with Gasteiger partial charge in [-0.1, -0.05) is 12.1 Å². The van der Waals surface area contributed by atoms with E-state index in [0.717, 1.165) is 6.26 Å². The molecule has 2 aromatic carbocycles. The average Bonchev–Trinajstić information content (AvgIpc) is 2.42. The lowest BCUT2D eigenvalue weighted by atomic mass is 10.2. The molecule has 0 saturated heterocycles. The molecule has 110 valence electrons. The summed E-state index contributed by atoms with van der Waals surface area (Å²) in [6, 6.07) is 10.0. The molecule has 0 spiro atoms. The largest absolute Gasteiger partial charge is 0.322 e. The molecule has 0 aliphatic rings. The Labute approximate surface area is 122 Å². The molecular weight excluding hydrogens is 293 g/mol. The van der Waals surface area contributed by atoms with Crippen LogP contribution >= 0.6 is 0 Å². The Morgan fingerprint density at radius 3 is 2.48 bits per heavy atom. The summed E-state index contributed by atoms with van der Waals surface area (Å²) in [4.78, 5) is 12.1. The Morgan fingerprint density at radius 2 is 1.86 bits per heavy atom. The van der Waals surface area contributed by atoms with Gasteiger partial charge < -0.3 is 5.32 Å². The van der Waals surface area contributed by atoms with Gasteiger partial charge in [0.2, 0.25) is 0 Å². The molecule has 0 unspecified atom stereocenters. The number of carbonyl (C=O) groups excluding carboxylic acids is 1. The second-order valence-electron chi connectivity index (χ2n) is 4.72. The van der Waals surface area contributed by atoms with Gasteiger partial charge >= 0.3 is 0 Å². The third-order valence-corrected chi connectivity index (χ3v) is 4.06. The Balaban J connectivity index is 2.26. The summed E-state index contributed by atoms with van der Waals surface area (Å²) in [5, 5.41) is 2.53. The Kier molecular flexibility index (Phi) is 4.09. The molecule has 6 heteroatoms. The van der Waals surface area contributed by atoms with E-state index in [2.05, 4.69) is 5.32 Å². The van der Waals surface area contributed by atoms with E-state index in [9.17, 15) is 17.6 Å². The number of hydrogen-bond acceptors (Lipinski definition) is 3. The number of carbonyl (C=O) groups is 1. The van der Waals surface area contributed by atoms with Crippen LogP contribution in [0.5, 0.6) is 0 Å². The molecule has 0 aromatic heterocycles. The van der Waals surface area contributed by atoms with Crippen molar-refractivity contribution in [1.29, 1.82) is 0 Å². The maximum atomic E-state index is 13.4. The lowest BCUT2D eigenvalue weighted by Gasteiger charge is -2.07. The summed E-state index contributed by atoms with van der Waals surface area (Å²) in [7, 11) is -3.38. The number of hydrogen-bond donors (Lipinski definition) is 1. The lowest BCUT2D eigenvalue weighted by molar-refractivity contribution is 0.102. The number of nitrogens with one attached hydrogen (secondary N) is 1. The van der Waals surface area contributed by atoms with E-state index in [4.69, 9.17) is 0 Å². The van der Waals surface area contributed by atoms with E-state index in [1.54, 1.807) is 19.1 Å². The number of sulfone groups is 1. The number of aryl methyl sites for hydroxylation is 1. The minimum atomic E-state index is -3.38. The molecule has 2 rings (SSSR count). The summed E-state index contributed by atoms with van der Waals surface area (Å²) in [5.41, 5.74) is 0.985. The van der Waals surface area contributed by atoms with Crippen LogP contribution in [0.1, 0.15) is 15.9 Å². The first-order chi connectivity index (χ1) is 9.77. The van der Waals surface area contributed by atoms with Crippen LogP contribution < -0.4 is 5.32 Å². The van der Waals surface area contributed by atoms with E-state index >= 15 is 0 Å². The average molecular weight is 307 g/mol. The third-order valence-electron chi connectivity index (χ3n) is 2.95. The number of anilines is 1. The molecule has 0 radical (unpaired) electrons. The Hall–Kier alpha value is -2.21. The molecule has 0 heterocycles. The maximum Gasteiger partial charge on any atom is 0.255 e. The zero-order chi connectivity index (χ0) is 15.6. The van der Waals surface area contributed by atoms with Crippen molar-refractivity contribution in [1.82, 2.24) is 0 Å². The Bertz CT molecular complexity index is 800. The van der Waals surface area contributed by atoms with Crippen LogP contribution in [0.3, 0.4) is 0 Å². The van der Waals surface area contributed by atoms with Gasteiger partial charge in [-0.15, -0.1) is 0 Å². The monoisotopic (exact) mass is 307 g/mol. The van der Waals surface area contributed by atoms with Crippen molar-refractivity contribution in [3.8, 4) is 0 Å². The summed E-state index contributed by atoms with van der Waals surface area (Å²) in [6.07, 6.45) is 1.07. The highest BCUT2D eigenvalue weighted by molar-refractivity contribution is 7.90. The van der Waals surface area contributed by atoms with Crippen molar-refractivity contribution >= 4 is 21.4 Å². The topological polar surface area (TPSA) is 63.2 Å². The molecule has 4 nitrogen and oxygen atoms in total. The maximum absolute atomic E-state index is 13.4. The van der Waals surface area contributed by atoms with Crippen molar-refractivity contribution in [2.75, 3.05) is 11.6 Å². The van der Waals surface area contributed by atoms with Crippen LogP contribution in [0.4, 0.5) is 10.1 Å². The highest BCUT2D eigenvalue weighted by atomic mass is 32.2. The molecule has 0 saturated carbocycles. The molecule has 1 N–H and O–H groups in total. The van der Waals surface area contributed by atoms with Gasteiger partial charge in [-0.25, -0.2) is 12.8 Å². The normalized spacial score (nSPS) is 11.2. The molecule has 0 atom stereocenters. The van der Waals surface area contributed by atoms with Gasteiger partial charge in [-0.3, -0.25) is 4.79 Å². The number of amides is 1. The fourth-order valence-corrected chi connectivity index (χ4v) is 2.41. The third kappa shape index (κ3) is 3.66. The van der Waals surface area contributed by atoms with Crippen LogP contribution in [0.2, 0.25) is 0 Å². The molecule has 1 amide bonds. The summed E-state index contributed by atoms with van der Waals surface area (Å²) < 4.78 is 36.4. The highest BCUT2D eigenvalue weighted by Crippen LogP contribution is 2.16. The van der Waals surface area contributed by atoms with Gasteiger partial charge in [0.05, 0.1) is 4.90 Å². The van der Waals surface area contributed by atoms with Gasteiger partial charge in [0.25, 0.3) is 5.91 Å². The Morgan fingerprint density at radius 1 is 1.14 bits per heavy atom. The second-order valence-corrected chi connectivity index (χ2v) is 6.73. The van der Waals surface area contributed by atoms with Crippen molar-refractivity contribution < 1.29 is 17.6 Å². The van der Waals surface area contributed by atoms with Crippen molar-refractivity contribution in [3.63, 3.8) is 0 Å². The van der Waals surface area contributed by atoms with Crippen LogP contribution in [0.15, 0.2) is 47.4 Å².